The lowest BCUT2D eigenvalue weighted by molar-refractivity contribution is 0.304. The van der Waals surface area contributed by atoms with Gasteiger partial charge in [-0.3, -0.25) is 4.90 Å². The van der Waals surface area contributed by atoms with Crippen LogP contribution in [0.1, 0.15) is 18.9 Å². The highest BCUT2D eigenvalue weighted by Crippen LogP contribution is 2.21. The third-order valence-electron chi connectivity index (χ3n) is 2.34. The van der Waals surface area contributed by atoms with E-state index in [9.17, 15) is 4.39 Å². The molecule has 0 unspecified atom stereocenters. The average molecular weight is 275 g/mol. The Balaban J connectivity index is 2.78. The number of benzene rings is 1. The number of nitrogens with two attached hydrogens (primary N) is 1. The van der Waals surface area contributed by atoms with Crippen molar-refractivity contribution in [2.24, 2.45) is 5.73 Å². The highest BCUT2D eigenvalue weighted by molar-refractivity contribution is 7.80. The first-order valence-electron chi connectivity index (χ1n) is 5.48. The van der Waals surface area contributed by atoms with Crippen molar-refractivity contribution in [2.75, 3.05) is 13.1 Å². The molecule has 2 nitrogen and oxygen atoms in total. The molecule has 0 amide bonds. The molecule has 17 heavy (non-hydrogen) atoms. The van der Waals surface area contributed by atoms with E-state index >= 15 is 0 Å². The van der Waals surface area contributed by atoms with Gasteiger partial charge in [0.15, 0.2) is 0 Å². The summed E-state index contributed by atoms with van der Waals surface area (Å²) in [5.74, 6) is -0.393. The quantitative estimate of drug-likeness (QED) is 0.809. The molecule has 94 valence electrons. The molecule has 0 radical (unpaired) electrons. The van der Waals surface area contributed by atoms with Crippen molar-refractivity contribution < 1.29 is 4.39 Å². The van der Waals surface area contributed by atoms with Gasteiger partial charge in [0, 0.05) is 13.1 Å². The predicted molar refractivity (Wildman–Crippen MR) is 73.8 cm³/mol. The summed E-state index contributed by atoms with van der Waals surface area (Å²) in [6.45, 7) is 4.00. The maximum Gasteiger partial charge on any atom is 0.142 e. The highest BCUT2D eigenvalue weighted by atomic mass is 35.5. The summed E-state index contributed by atoms with van der Waals surface area (Å²) in [6, 6.07) is 4.82. The zero-order valence-electron chi connectivity index (χ0n) is 9.75. The molecule has 0 atom stereocenters. The van der Waals surface area contributed by atoms with E-state index in [4.69, 9.17) is 29.6 Å². The molecule has 5 heteroatoms. The smallest absolute Gasteiger partial charge is 0.142 e. The number of hydrogen-bond donors (Lipinski definition) is 1. The van der Waals surface area contributed by atoms with E-state index in [1.165, 1.54) is 6.07 Å². The van der Waals surface area contributed by atoms with Gasteiger partial charge in [-0.1, -0.05) is 42.9 Å². The van der Waals surface area contributed by atoms with Gasteiger partial charge in [-0.25, -0.2) is 4.39 Å². The number of halogens is 2. The fraction of sp³-hybridized carbons (Fsp3) is 0.417. The fourth-order valence-electron chi connectivity index (χ4n) is 1.66. The van der Waals surface area contributed by atoms with E-state index in [0.29, 0.717) is 18.1 Å². The normalized spacial score (nSPS) is 10.8. The molecular weight excluding hydrogens is 259 g/mol. The van der Waals surface area contributed by atoms with Gasteiger partial charge in [0.2, 0.25) is 0 Å². The first-order valence-corrected chi connectivity index (χ1v) is 6.26. The lowest BCUT2D eigenvalue weighted by Gasteiger charge is -2.21. The minimum absolute atomic E-state index is 0.177. The van der Waals surface area contributed by atoms with Gasteiger partial charge in [-0.15, -0.1) is 0 Å². The topological polar surface area (TPSA) is 29.3 Å². The molecule has 1 rings (SSSR count). The maximum absolute atomic E-state index is 13.3. The second-order valence-electron chi connectivity index (χ2n) is 3.89. The molecule has 0 heterocycles. The second-order valence-corrected chi connectivity index (χ2v) is 4.79. The van der Waals surface area contributed by atoms with Crippen LogP contribution in [0.2, 0.25) is 5.02 Å². The third-order valence-corrected chi connectivity index (χ3v) is 2.90. The summed E-state index contributed by atoms with van der Waals surface area (Å²) in [6.07, 6.45) is 0.982. The zero-order valence-corrected chi connectivity index (χ0v) is 11.3. The number of rotatable bonds is 6. The number of thiocarbonyl (C=S) groups is 1. The molecule has 1 aromatic rings. The SMILES string of the molecule is CCCN(CC(N)=S)Cc1cccc(F)c1Cl. The summed E-state index contributed by atoms with van der Waals surface area (Å²) >= 11 is 10.8. The van der Waals surface area contributed by atoms with Crippen LogP contribution >= 0.6 is 23.8 Å². The third kappa shape index (κ3) is 4.58. The Morgan fingerprint density at radius 1 is 1.53 bits per heavy atom. The Labute approximate surface area is 112 Å². The van der Waals surface area contributed by atoms with Crippen LogP contribution in [0, 0.1) is 5.82 Å². The van der Waals surface area contributed by atoms with E-state index in [1.807, 2.05) is 6.07 Å². The molecule has 0 aliphatic heterocycles. The van der Waals surface area contributed by atoms with Crippen molar-refractivity contribution in [2.45, 2.75) is 19.9 Å². The zero-order chi connectivity index (χ0) is 12.8. The Hall–Kier alpha value is -0.710. The van der Waals surface area contributed by atoms with Gasteiger partial charge < -0.3 is 5.73 Å². The van der Waals surface area contributed by atoms with Crippen LogP contribution in [0.25, 0.3) is 0 Å². The molecule has 2 N–H and O–H groups in total. The van der Waals surface area contributed by atoms with E-state index in [2.05, 4.69) is 11.8 Å². The Morgan fingerprint density at radius 3 is 2.82 bits per heavy atom. The Morgan fingerprint density at radius 2 is 2.24 bits per heavy atom. The van der Waals surface area contributed by atoms with Crippen LogP contribution in [0.5, 0.6) is 0 Å². The summed E-state index contributed by atoms with van der Waals surface area (Å²) in [7, 11) is 0. The van der Waals surface area contributed by atoms with Crippen molar-refractivity contribution in [1.29, 1.82) is 0 Å². The minimum atomic E-state index is -0.393. The standard InChI is InChI=1S/C12H16ClFN2S/c1-2-6-16(8-11(15)17)7-9-4-3-5-10(14)12(9)13/h3-5H,2,6-8H2,1H3,(H2,15,17). The molecular formula is C12H16ClFN2S. The average Bonchev–Trinajstić information content (AvgIpc) is 2.24. The maximum atomic E-state index is 13.3. The van der Waals surface area contributed by atoms with Gasteiger partial charge in [0.05, 0.1) is 10.0 Å². The van der Waals surface area contributed by atoms with Crippen LogP contribution in [0.4, 0.5) is 4.39 Å². The van der Waals surface area contributed by atoms with Crippen molar-refractivity contribution in [3.8, 4) is 0 Å². The number of hydrogen-bond acceptors (Lipinski definition) is 2. The summed E-state index contributed by atoms with van der Waals surface area (Å²) in [5.41, 5.74) is 6.29. The molecule has 0 bridgehead atoms. The van der Waals surface area contributed by atoms with Crippen molar-refractivity contribution in [1.82, 2.24) is 4.90 Å². The molecule has 0 fully saturated rings. The lowest BCUT2D eigenvalue weighted by Crippen LogP contribution is -2.33. The van der Waals surface area contributed by atoms with E-state index in [1.54, 1.807) is 6.07 Å². The highest BCUT2D eigenvalue weighted by Gasteiger charge is 2.11. The van der Waals surface area contributed by atoms with E-state index in [-0.39, 0.29) is 5.02 Å². The summed E-state index contributed by atoms with van der Waals surface area (Å²) in [5, 5.41) is 0.177. The minimum Gasteiger partial charge on any atom is -0.392 e. The predicted octanol–water partition coefficient (Wildman–Crippen LogP) is 2.98. The van der Waals surface area contributed by atoms with E-state index in [0.717, 1.165) is 18.5 Å². The fourth-order valence-corrected chi connectivity index (χ4v) is 2.03. The van der Waals surface area contributed by atoms with Gasteiger partial charge in [0.1, 0.15) is 5.82 Å². The molecule has 0 aliphatic rings. The van der Waals surface area contributed by atoms with Crippen LogP contribution in [-0.4, -0.2) is 23.0 Å². The molecule has 0 saturated heterocycles. The van der Waals surface area contributed by atoms with Crippen LogP contribution in [0.15, 0.2) is 18.2 Å². The summed E-state index contributed by atoms with van der Waals surface area (Å²) in [4.78, 5) is 2.49. The van der Waals surface area contributed by atoms with Crippen molar-refractivity contribution in [3.63, 3.8) is 0 Å². The molecule has 0 aliphatic carbocycles. The monoisotopic (exact) mass is 274 g/mol. The molecule has 0 saturated carbocycles. The van der Waals surface area contributed by atoms with Gasteiger partial charge in [-0.2, -0.15) is 0 Å². The van der Waals surface area contributed by atoms with Crippen LogP contribution in [0.3, 0.4) is 0 Å². The summed E-state index contributed by atoms with van der Waals surface area (Å²) < 4.78 is 13.3. The molecule has 0 aromatic heterocycles. The van der Waals surface area contributed by atoms with Crippen molar-refractivity contribution in [3.05, 3.63) is 34.6 Å². The van der Waals surface area contributed by atoms with Crippen LogP contribution < -0.4 is 5.73 Å². The molecule has 0 spiro atoms. The van der Waals surface area contributed by atoms with Gasteiger partial charge >= 0.3 is 0 Å². The van der Waals surface area contributed by atoms with E-state index < -0.39 is 5.82 Å². The Bertz CT molecular complexity index is 398. The second kappa shape index (κ2) is 6.89. The molecule has 1 aromatic carbocycles. The lowest BCUT2D eigenvalue weighted by atomic mass is 10.2. The van der Waals surface area contributed by atoms with Crippen molar-refractivity contribution >= 4 is 28.8 Å². The Kier molecular flexibility index (Phi) is 5.82. The first kappa shape index (κ1) is 14.4. The van der Waals surface area contributed by atoms with Gasteiger partial charge in [-0.05, 0) is 24.6 Å². The van der Waals surface area contributed by atoms with Crippen LogP contribution in [-0.2, 0) is 6.54 Å². The number of nitrogens with zero attached hydrogens (tertiary/aromatic N) is 1. The van der Waals surface area contributed by atoms with Gasteiger partial charge in [0.25, 0.3) is 0 Å². The first-order chi connectivity index (χ1) is 8.04. The largest absolute Gasteiger partial charge is 0.392 e.